The lowest BCUT2D eigenvalue weighted by Crippen LogP contribution is -2.19. The fourth-order valence-electron chi connectivity index (χ4n) is 2.53. The smallest absolute Gasteiger partial charge is 0.277 e. The fourth-order valence-corrected chi connectivity index (χ4v) is 3.09. The molecule has 0 spiro atoms. The predicted octanol–water partition coefficient (Wildman–Crippen LogP) is 4.76. The van der Waals surface area contributed by atoms with Crippen molar-refractivity contribution in [3.05, 3.63) is 60.2 Å². The van der Waals surface area contributed by atoms with Gasteiger partial charge in [-0.25, -0.2) is 0 Å². The normalized spacial score (nSPS) is 11.3. The Morgan fingerprint density at radius 3 is 2.46 bits per heavy atom. The molecule has 0 saturated carbocycles. The Morgan fingerprint density at radius 1 is 1.04 bits per heavy atom. The minimum Gasteiger partial charge on any atom is -0.411 e. The summed E-state index contributed by atoms with van der Waals surface area (Å²) in [7, 11) is 0. The number of rotatable bonds is 5. The number of amides is 1. The Kier molecular flexibility index (Phi) is 5.42. The van der Waals surface area contributed by atoms with E-state index < -0.39 is 0 Å². The van der Waals surface area contributed by atoms with Crippen molar-refractivity contribution in [2.45, 2.75) is 31.4 Å². The minimum atomic E-state index is -0.105. The highest BCUT2D eigenvalue weighted by Crippen LogP contribution is 2.29. The molecule has 3 aromatic rings. The number of thioether (sulfide) groups is 1. The van der Waals surface area contributed by atoms with Gasteiger partial charge in [0.25, 0.3) is 5.22 Å². The Labute approximate surface area is 157 Å². The van der Waals surface area contributed by atoms with Crippen molar-refractivity contribution in [1.82, 2.24) is 10.2 Å². The van der Waals surface area contributed by atoms with Crippen LogP contribution in [0.4, 0.5) is 5.69 Å². The highest BCUT2D eigenvalue weighted by atomic mass is 32.2. The molecule has 134 valence electrons. The van der Waals surface area contributed by atoms with E-state index in [4.69, 9.17) is 4.42 Å². The van der Waals surface area contributed by atoms with Crippen molar-refractivity contribution in [1.29, 1.82) is 0 Å². The molecule has 26 heavy (non-hydrogen) atoms. The Hall–Kier alpha value is -2.60. The van der Waals surface area contributed by atoms with Gasteiger partial charge in [-0.05, 0) is 29.2 Å². The van der Waals surface area contributed by atoms with Crippen LogP contribution in [0, 0.1) is 0 Å². The van der Waals surface area contributed by atoms with E-state index in [1.165, 1.54) is 11.8 Å². The number of aromatic nitrogens is 2. The molecule has 0 aliphatic carbocycles. The second kappa shape index (κ2) is 7.74. The summed E-state index contributed by atoms with van der Waals surface area (Å²) < 4.78 is 5.61. The lowest BCUT2D eigenvalue weighted by atomic mass is 9.86. The van der Waals surface area contributed by atoms with Crippen molar-refractivity contribution >= 4 is 23.4 Å². The molecule has 1 aromatic heterocycles. The molecule has 1 amide bonds. The fraction of sp³-hybridized carbons (Fsp3) is 0.250. The third-order valence-electron chi connectivity index (χ3n) is 3.76. The van der Waals surface area contributed by atoms with Gasteiger partial charge >= 0.3 is 0 Å². The molecule has 0 saturated heterocycles. The van der Waals surface area contributed by atoms with Crippen LogP contribution in [0.15, 0.2) is 64.2 Å². The number of carbonyl (C=O) groups is 1. The van der Waals surface area contributed by atoms with Crippen molar-refractivity contribution in [2.24, 2.45) is 0 Å². The van der Waals surface area contributed by atoms with Gasteiger partial charge in [0.15, 0.2) is 0 Å². The first kappa shape index (κ1) is 18.2. The van der Waals surface area contributed by atoms with Gasteiger partial charge in [-0.3, -0.25) is 4.79 Å². The van der Waals surface area contributed by atoms with Crippen LogP contribution in [-0.2, 0) is 10.2 Å². The predicted molar refractivity (Wildman–Crippen MR) is 104 cm³/mol. The lowest BCUT2D eigenvalue weighted by Gasteiger charge is -2.22. The first-order valence-corrected chi connectivity index (χ1v) is 9.33. The molecule has 1 N–H and O–H groups in total. The van der Waals surface area contributed by atoms with Gasteiger partial charge < -0.3 is 9.73 Å². The van der Waals surface area contributed by atoms with Crippen LogP contribution in [0.2, 0.25) is 0 Å². The average Bonchev–Trinajstić information content (AvgIpc) is 3.09. The van der Waals surface area contributed by atoms with Crippen LogP contribution in [0.3, 0.4) is 0 Å². The molecule has 0 atom stereocenters. The summed E-state index contributed by atoms with van der Waals surface area (Å²) >= 11 is 1.22. The van der Waals surface area contributed by atoms with E-state index in [1.807, 2.05) is 54.6 Å². The number of hydrogen-bond acceptors (Lipinski definition) is 5. The maximum Gasteiger partial charge on any atom is 0.277 e. The highest BCUT2D eigenvalue weighted by molar-refractivity contribution is 7.99. The number of carbonyl (C=O) groups excluding carboxylic acids is 1. The molecule has 5 nitrogen and oxygen atoms in total. The van der Waals surface area contributed by atoms with E-state index in [2.05, 4.69) is 36.3 Å². The van der Waals surface area contributed by atoms with E-state index in [0.717, 1.165) is 16.8 Å². The second-order valence-electron chi connectivity index (χ2n) is 6.87. The molecule has 6 heteroatoms. The van der Waals surface area contributed by atoms with E-state index in [9.17, 15) is 4.79 Å². The average molecular weight is 367 g/mol. The maximum absolute atomic E-state index is 12.3. The maximum atomic E-state index is 12.3. The molecule has 0 unspecified atom stereocenters. The number of nitrogens with zero attached hydrogens (tertiary/aromatic N) is 2. The van der Waals surface area contributed by atoms with Crippen LogP contribution in [0.25, 0.3) is 11.5 Å². The van der Waals surface area contributed by atoms with Gasteiger partial charge in [0.2, 0.25) is 11.8 Å². The molecule has 1 heterocycles. The molecule has 3 rings (SSSR count). The molecule has 0 aliphatic heterocycles. The van der Waals surface area contributed by atoms with Crippen molar-refractivity contribution < 1.29 is 9.21 Å². The first-order chi connectivity index (χ1) is 12.4. The monoisotopic (exact) mass is 367 g/mol. The van der Waals surface area contributed by atoms with E-state index in [0.29, 0.717) is 11.1 Å². The van der Waals surface area contributed by atoms with Gasteiger partial charge in [0, 0.05) is 11.3 Å². The summed E-state index contributed by atoms with van der Waals surface area (Å²) in [6.45, 7) is 6.36. The zero-order valence-electron chi connectivity index (χ0n) is 15.0. The number of anilines is 1. The summed E-state index contributed by atoms with van der Waals surface area (Å²) in [5.41, 5.74) is 2.74. The summed E-state index contributed by atoms with van der Waals surface area (Å²) in [4.78, 5) is 12.3. The standard InChI is InChI=1S/C20H21N3O2S/c1-20(2,3)15-11-7-8-12-16(15)21-17(24)13-26-19-23-22-18(25-19)14-9-5-4-6-10-14/h4-12H,13H2,1-3H3,(H,21,24). The molecule has 0 aliphatic rings. The molecule has 0 fully saturated rings. The molecule has 2 aromatic carbocycles. The lowest BCUT2D eigenvalue weighted by molar-refractivity contribution is -0.113. The Morgan fingerprint density at radius 2 is 1.73 bits per heavy atom. The highest BCUT2D eigenvalue weighted by Gasteiger charge is 2.19. The zero-order chi connectivity index (χ0) is 18.6. The second-order valence-corrected chi connectivity index (χ2v) is 7.80. The van der Waals surface area contributed by atoms with Crippen LogP contribution >= 0.6 is 11.8 Å². The third kappa shape index (κ3) is 4.52. The van der Waals surface area contributed by atoms with Crippen molar-refractivity contribution in [3.8, 4) is 11.5 Å². The van der Waals surface area contributed by atoms with E-state index in [1.54, 1.807) is 0 Å². The SMILES string of the molecule is CC(C)(C)c1ccccc1NC(=O)CSc1nnc(-c2ccccc2)o1. The van der Waals surface area contributed by atoms with E-state index >= 15 is 0 Å². The van der Waals surface area contributed by atoms with Gasteiger partial charge in [-0.1, -0.05) is 68.9 Å². The Balaban J connectivity index is 1.61. The summed E-state index contributed by atoms with van der Waals surface area (Å²) in [5.74, 6) is 0.548. The summed E-state index contributed by atoms with van der Waals surface area (Å²) in [6.07, 6.45) is 0. The summed E-state index contributed by atoms with van der Waals surface area (Å²) in [6, 6.07) is 17.4. The number of benzene rings is 2. The van der Waals surface area contributed by atoms with Crippen LogP contribution < -0.4 is 5.32 Å². The van der Waals surface area contributed by atoms with Gasteiger partial charge in [-0.15, -0.1) is 10.2 Å². The van der Waals surface area contributed by atoms with Crippen molar-refractivity contribution in [3.63, 3.8) is 0 Å². The molecule has 0 bridgehead atoms. The first-order valence-electron chi connectivity index (χ1n) is 8.34. The van der Waals surface area contributed by atoms with Gasteiger partial charge in [-0.2, -0.15) is 0 Å². The number of hydrogen-bond donors (Lipinski definition) is 1. The Bertz CT molecular complexity index is 885. The zero-order valence-corrected chi connectivity index (χ0v) is 15.8. The van der Waals surface area contributed by atoms with E-state index in [-0.39, 0.29) is 17.1 Å². The topological polar surface area (TPSA) is 68.0 Å². The number of para-hydroxylation sites is 1. The molecular weight excluding hydrogens is 346 g/mol. The van der Waals surface area contributed by atoms with Crippen LogP contribution in [-0.4, -0.2) is 21.9 Å². The quantitative estimate of drug-likeness (QED) is 0.658. The molecular formula is C20H21N3O2S. The largest absolute Gasteiger partial charge is 0.411 e. The van der Waals surface area contributed by atoms with Gasteiger partial charge in [0.05, 0.1) is 5.75 Å². The summed E-state index contributed by atoms with van der Waals surface area (Å²) in [5, 5.41) is 11.4. The van der Waals surface area contributed by atoms with Crippen LogP contribution in [0.5, 0.6) is 0 Å². The third-order valence-corrected chi connectivity index (χ3v) is 4.58. The minimum absolute atomic E-state index is 0.0475. The molecule has 0 radical (unpaired) electrons. The van der Waals surface area contributed by atoms with Crippen molar-refractivity contribution in [2.75, 3.05) is 11.1 Å². The van der Waals surface area contributed by atoms with Crippen LogP contribution in [0.1, 0.15) is 26.3 Å². The number of nitrogens with one attached hydrogen (secondary N) is 1. The van der Waals surface area contributed by atoms with Gasteiger partial charge in [0.1, 0.15) is 0 Å².